The molecule has 0 amide bonds. The van der Waals surface area contributed by atoms with Gasteiger partial charge in [-0.3, -0.25) is 0 Å². The van der Waals surface area contributed by atoms with E-state index in [1.165, 1.54) is 0 Å². The van der Waals surface area contributed by atoms with Crippen LogP contribution < -0.4 is 0 Å². The molecule has 0 aliphatic carbocycles. The molecule has 0 aliphatic rings. The van der Waals surface area contributed by atoms with Crippen molar-refractivity contribution in [3.63, 3.8) is 0 Å². The minimum absolute atomic E-state index is 0.100. The monoisotopic (exact) mass is 283 g/mol. The molecule has 4 nitrogen and oxygen atoms in total. The number of hydrogen-bond donors (Lipinski definition) is 1. The van der Waals surface area contributed by atoms with Crippen LogP contribution in [0.3, 0.4) is 0 Å². The van der Waals surface area contributed by atoms with Crippen molar-refractivity contribution in [2.45, 2.75) is 26.3 Å². The zero-order chi connectivity index (χ0) is 11.7. The van der Waals surface area contributed by atoms with Crippen LogP contribution in [0.5, 0.6) is 0 Å². The van der Waals surface area contributed by atoms with Crippen molar-refractivity contribution in [2.75, 3.05) is 6.61 Å². The molecule has 5 heteroatoms. The molecule has 16 heavy (non-hydrogen) atoms. The minimum Gasteiger partial charge on any atom is -0.395 e. The first-order chi connectivity index (χ1) is 7.63. The lowest BCUT2D eigenvalue weighted by molar-refractivity contribution is 0.275. The molecule has 2 rings (SSSR count). The predicted molar refractivity (Wildman–Crippen MR) is 66.4 cm³/mol. The van der Waals surface area contributed by atoms with Crippen molar-refractivity contribution >= 4 is 27.1 Å². The Morgan fingerprint density at radius 1 is 1.50 bits per heavy atom. The highest BCUT2D eigenvalue weighted by atomic mass is 79.9. The third-order valence-electron chi connectivity index (χ3n) is 2.42. The van der Waals surface area contributed by atoms with Gasteiger partial charge in [0, 0.05) is 23.1 Å². The second kappa shape index (κ2) is 4.51. The number of aromatic nitrogens is 3. The summed E-state index contributed by atoms with van der Waals surface area (Å²) in [5.41, 5.74) is 1.70. The van der Waals surface area contributed by atoms with E-state index in [-0.39, 0.29) is 6.61 Å². The van der Waals surface area contributed by atoms with Crippen LogP contribution in [-0.2, 0) is 6.54 Å². The fraction of sp³-hybridized carbons (Fsp3) is 0.455. The molecule has 0 saturated heterocycles. The summed E-state index contributed by atoms with van der Waals surface area (Å²) in [6.45, 7) is 4.82. The molecule has 2 heterocycles. The lowest BCUT2D eigenvalue weighted by atomic mass is 10.2. The van der Waals surface area contributed by atoms with Crippen molar-refractivity contribution in [3.8, 4) is 0 Å². The number of imidazole rings is 1. The van der Waals surface area contributed by atoms with E-state index in [1.807, 2.05) is 10.6 Å². The van der Waals surface area contributed by atoms with Gasteiger partial charge in [0.25, 0.3) is 0 Å². The molecular weight excluding hydrogens is 270 g/mol. The van der Waals surface area contributed by atoms with E-state index < -0.39 is 0 Å². The van der Waals surface area contributed by atoms with E-state index in [2.05, 4.69) is 39.7 Å². The summed E-state index contributed by atoms with van der Waals surface area (Å²) in [6, 6.07) is 1.95. The first kappa shape index (κ1) is 11.5. The fourth-order valence-corrected chi connectivity index (χ4v) is 2.08. The van der Waals surface area contributed by atoms with Crippen LogP contribution in [0.15, 0.2) is 16.7 Å². The minimum atomic E-state index is 0.100. The number of aliphatic hydroxyl groups excluding tert-OH is 1. The number of rotatable bonds is 3. The van der Waals surface area contributed by atoms with Gasteiger partial charge in [-0.2, -0.15) is 0 Å². The van der Waals surface area contributed by atoms with E-state index in [0.29, 0.717) is 12.5 Å². The molecule has 0 unspecified atom stereocenters. The Kier molecular flexibility index (Phi) is 3.25. The summed E-state index contributed by atoms with van der Waals surface area (Å²) in [5.74, 6) is 1.29. The van der Waals surface area contributed by atoms with E-state index >= 15 is 0 Å². The van der Waals surface area contributed by atoms with Crippen molar-refractivity contribution in [2.24, 2.45) is 0 Å². The average Bonchev–Trinajstić information content (AvgIpc) is 2.57. The van der Waals surface area contributed by atoms with Crippen molar-refractivity contribution < 1.29 is 5.11 Å². The molecule has 0 fully saturated rings. The summed E-state index contributed by atoms with van der Waals surface area (Å²) in [6.07, 6.45) is 1.75. The largest absolute Gasteiger partial charge is 0.395 e. The second-order valence-electron chi connectivity index (χ2n) is 4.00. The highest BCUT2D eigenvalue weighted by molar-refractivity contribution is 9.10. The maximum absolute atomic E-state index is 9.07. The molecule has 2 aromatic heterocycles. The van der Waals surface area contributed by atoms with Crippen LogP contribution in [0.4, 0.5) is 0 Å². The normalized spacial score (nSPS) is 11.6. The van der Waals surface area contributed by atoms with Crippen LogP contribution in [0, 0.1) is 0 Å². The predicted octanol–water partition coefficient (Wildman–Crippen LogP) is 2.31. The van der Waals surface area contributed by atoms with E-state index in [9.17, 15) is 0 Å². The van der Waals surface area contributed by atoms with Crippen LogP contribution in [0.1, 0.15) is 25.6 Å². The second-order valence-corrected chi connectivity index (χ2v) is 4.91. The zero-order valence-corrected chi connectivity index (χ0v) is 10.9. The summed E-state index contributed by atoms with van der Waals surface area (Å²) in [5, 5.41) is 9.07. The Labute approximate surface area is 102 Å². The van der Waals surface area contributed by atoms with Crippen LogP contribution in [-0.4, -0.2) is 26.2 Å². The highest BCUT2D eigenvalue weighted by Crippen LogP contribution is 2.22. The molecule has 0 aliphatic heterocycles. The Morgan fingerprint density at radius 3 is 2.88 bits per heavy atom. The molecular formula is C11H14BrN3O. The molecule has 86 valence electrons. The molecule has 1 N–H and O–H groups in total. The number of fused-ring (bicyclic) bond motifs is 1. The van der Waals surface area contributed by atoms with Crippen LogP contribution in [0.25, 0.3) is 11.2 Å². The van der Waals surface area contributed by atoms with E-state index in [0.717, 1.165) is 21.5 Å². The van der Waals surface area contributed by atoms with Crippen molar-refractivity contribution in [3.05, 3.63) is 22.6 Å². The quantitative estimate of drug-likeness (QED) is 0.941. The summed E-state index contributed by atoms with van der Waals surface area (Å²) < 4.78 is 2.90. The van der Waals surface area contributed by atoms with Gasteiger partial charge in [-0.1, -0.05) is 13.8 Å². The Bertz CT molecular complexity index is 507. The van der Waals surface area contributed by atoms with Gasteiger partial charge in [-0.25, -0.2) is 9.97 Å². The first-order valence-electron chi connectivity index (χ1n) is 5.26. The fourth-order valence-electron chi connectivity index (χ4n) is 1.77. The van der Waals surface area contributed by atoms with E-state index in [4.69, 9.17) is 5.11 Å². The van der Waals surface area contributed by atoms with Gasteiger partial charge in [0.1, 0.15) is 11.3 Å². The lowest BCUT2D eigenvalue weighted by Gasteiger charge is -2.08. The van der Waals surface area contributed by atoms with Crippen molar-refractivity contribution in [1.82, 2.24) is 14.5 Å². The molecule has 0 spiro atoms. The number of halogens is 1. The molecule has 0 saturated carbocycles. The number of hydrogen-bond acceptors (Lipinski definition) is 3. The van der Waals surface area contributed by atoms with E-state index in [1.54, 1.807) is 6.20 Å². The van der Waals surface area contributed by atoms with Gasteiger partial charge in [0.15, 0.2) is 5.65 Å². The van der Waals surface area contributed by atoms with Crippen LogP contribution in [0.2, 0.25) is 0 Å². The highest BCUT2D eigenvalue weighted by Gasteiger charge is 2.14. The maximum Gasteiger partial charge on any atom is 0.160 e. The number of nitrogens with zero attached hydrogens (tertiary/aromatic N) is 3. The Balaban J connectivity index is 2.65. The third kappa shape index (κ3) is 1.97. The molecule has 0 bridgehead atoms. The maximum atomic E-state index is 9.07. The van der Waals surface area contributed by atoms with Crippen LogP contribution >= 0.6 is 15.9 Å². The third-order valence-corrected chi connectivity index (χ3v) is 2.85. The van der Waals surface area contributed by atoms with Gasteiger partial charge in [0.2, 0.25) is 0 Å². The average molecular weight is 284 g/mol. The van der Waals surface area contributed by atoms with Gasteiger partial charge in [-0.15, -0.1) is 0 Å². The lowest BCUT2D eigenvalue weighted by Crippen LogP contribution is -2.08. The summed E-state index contributed by atoms with van der Waals surface area (Å²) in [4.78, 5) is 8.90. The van der Waals surface area contributed by atoms with Gasteiger partial charge >= 0.3 is 0 Å². The summed E-state index contributed by atoms with van der Waals surface area (Å²) >= 11 is 3.38. The molecule has 2 aromatic rings. The molecule has 0 aromatic carbocycles. The van der Waals surface area contributed by atoms with Crippen molar-refractivity contribution in [1.29, 1.82) is 0 Å². The zero-order valence-electron chi connectivity index (χ0n) is 9.31. The topological polar surface area (TPSA) is 50.9 Å². The molecule has 0 atom stereocenters. The molecule has 0 radical (unpaired) electrons. The first-order valence-corrected chi connectivity index (χ1v) is 6.05. The Hall–Kier alpha value is -0.940. The Morgan fingerprint density at radius 2 is 2.25 bits per heavy atom. The van der Waals surface area contributed by atoms with Gasteiger partial charge in [-0.05, 0) is 22.0 Å². The summed E-state index contributed by atoms with van der Waals surface area (Å²) in [7, 11) is 0. The van der Waals surface area contributed by atoms with Gasteiger partial charge in [0.05, 0.1) is 6.61 Å². The van der Waals surface area contributed by atoms with Gasteiger partial charge < -0.3 is 9.67 Å². The number of pyridine rings is 1. The standard InChI is InChI=1S/C11H14BrN3O/c1-7(2)10-14-9-5-8(12)6-13-11(9)15(10)3-4-16/h5-7,16H,3-4H2,1-2H3. The SMILES string of the molecule is CC(C)c1nc2cc(Br)cnc2n1CCO. The smallest absolute Gasteiger partial charge is 0.160 e. The number of aliphatic hydroxyl groups is 1.